The first-order valence-corrected chi connectivity index (χ1v) is 13.2. The van der Waals surface area contributed by atoms with E-state index >= 15 is 0 Å². The summed E-state index contributed by atoms with van der Waals surface area (Å²) in [6.07, 6.45) is 1.80. The molecule has 3 heterocycles. The quantitative estimate of drug-likeness (QED) is 0.347. The van der Waals surface area contributed by atoms with Crippen molar-refractivity contribution >= 4 is 29.1 Å². The van der Waals surface area contributed by atoms with Crippen molar-refractivity contribution in [1.29, 1.82) is 0 Å². The average Bonchev–Trinajstić information content (AvgIpc) is 3.56. The van der Waals surface area contributed by atoms with Crippen LogP contribution in [0.15, 0.2) is 88.2 Å². The van der Waals surface area contributed by atoms with Crippen LogP contribution in [0.4, 0.5) is 0 Å². The number of carbonyl (C=O) groups is 1. The molecule has 0 amide bonds. The number of fused-ring (bicyclic) bond motifs is 2. The van der Waals surface area contributed by atoms with Gasteiger partial charge in [0.05, 0.1) is 35.6 Å². The first kappa shape index (κ1) is 24.7. The second-order valence-electron chi connectivity index (χ2n) is 8.82. The number of hydrogen-bond donors (Lipinski definition) is 0. The van der Waals surface area contributed by atoms with Crippen LogP contribution in [0.2, 0.25) is 0 Å². The Balaban J connectivity index is 1.61. The van der Waals surface area contributed by atoms with Crippen molar-refractivity contribution in [3.63, 3.8) is 0 Å². The highest BCUT2D eigenvalue weighted by molar-refractivity contribution is 7.07. The molecular weight excluding hydrogens is 516 g/mol. The zero-order valence-electron chi connectivity index (χ0n) is 21.2. The highest BCUT2D eigenvalue weighted by Crippen LogP contribution is 2.36. The summed E-state index contributed by atoms with van der Waals surface area (Å²) in [7, 11) is 1.59. The van der Waals surface area contributed by atoms with Crippen LogP contribution in [0.3, 0.4) is 0 Å². The third-order valence-corrected chi connectivity index (χ3v) is 7.48. The van der Waals surface area contributed by atoms with Gasteiger partial charge in [-0.3, -0.25) is 9.36 Å². The van der Waals surface area contributed by atoms with E-state index in [2.05, 4.69) is 0 Å². The summed E-state index contributed by atoms with van der Waals surface area (Å²) in [5, 5.41) is 0. The number of hydrogen-bond acceptors (Lipinski definition) is 8. The summed E-state index contributed by atoms with van der Waals surface area (Å²) in [6, 6.07) is 21.6. The summed E-state index contributed by atoms with van der Waals surface area (Å²) < 4.78 is 23.8. The third-order valence-electron chi connectivity index (χ3n) is 6.50. The maximum Gasteiger partial charge on any atom is 0.338 e. The smallest absolute Gasteiger partial charge is 0.338 e. The molecule has 0 bridgehead atoms. The van der Waals surface area contributed by atoms with Crippen LogP contribution < -0.4 is 29.1 Å². The molecule has 0 radical (unpaired) electrons. The normalized spacial score (nSPS) is 16.1. The molecule has 0 N–H and O–H groups in total. The molecule has 0 saturated heterocycles. The Morgan fingerprint density at radius 1 is 1.08 bits per heavy atom. The fourth-order valence-corrected chi connectivity index (χ4v) is 5.70. The fraction of sp³-hybridized carbons (Fsp3) is 0.167. The molecule has 0 aliphatic carbocycles. The van der Waals surface area contributed by atoms with Gasteiger partial charge < -0.3 is 18.9 Å². The predicted molar refractivity (Wildman–Crippen MR) is 147 cm³/mol. The Bertz CT molecular complexity index is 1770. The SMILES string of the molecule is CCOC(=O)C1=C(c2ccccc2)N=c2sc(=Cc3ccc4c(c3)OCO4)c(=O)n2[C@H]1c1ccc(OC)cc1. The molecule has 0 spiro atoms. The molecule has 6 rings (SSSR count). The summed E-state index contributed by atoms with van der Waals surface area (Å²) >= 11 is 1.27. The van der Waals surface area contributed by atoms with Crippen molar-refractivity contribution in [2.75, 3.05) is 20.5 Å². The van der Waals surface area contributed by atoms with Crippen LogP contribution in [0.1, 0.15) is 29.7 Å². The zero-order chi connectivity index (χ0) is 26.9. The minimum atomic E-state index is -0.750. The maximum atomic E-state index is 14.0. The fourth-order valence-electron chi connectivity index (χ4n) is 4.70. The van der Waals surface area contributed by atoms with Crippen molar-refractivity contribution in [1.82, 2.24) is 4.57 Å². The van der Waals surface area contributed by atoms with Crippen molar-refractivity contribution in [2.45, 2.75) is 13.0 Å². The van der Waals surface area contributed by atoms with Crippen LogP contribution >= 0.6 is 11.3 Å². The highest BCUT2D eigenvalue weighted by Gasteiger charge is 2.35. The summed E-state index contributed by atoms with van der Waals surface area (Å²) in [4.78, 5) is 32.8. The molecule has 2 aliphatic rings. The van der Waals surface area contributed by atoms with E-state index in [1.54, 1.807) is 24.7 Å². The van der Waals surface area contributed by atoms with Gasteiger partial charge in [0, 0.05) is 5.56 Å². The van der Waals surface area contributed by atoms with E-state index in [1.165, 1.54) is 11.3 Å². The number of benzene rings is 3. The zero-order valence-corrected chi connectivity index (χ0v) is 22.1. The Morgan fingerprint density at radius 2 is 1.85 bits per heavy atom. The molecule has 1 atom stereocenters. The van der Waals surface area contributed by atoms with Gasteiger partial charge in [0.25, 0.3) is 5.56 Å². The van der Waals surface area contributed by atoms with E-state index in [0.717, 1.165) is 16.7 Å². The molecule has 9 heteroatoms. The summed E-state index contributed by atoms with van der Waals surface area (Å²) in [5.74, 6) is 1.44. The Morgan fingerprint density at radius 3 is 2.59 bits per heavy atom. The average molecular weight is 541 g/mol. The molecule has 4 aromatic rings. The molecule has 1 aromatic heterocycles. The molecular formula is C30H24N2O6S. The Hall–Kier alpha value is -4.63. The van der Waals surface area contributed by atoms with Gasteiger partial charge in [0.1, 0.15) is 5.75 Å². The first-order chi connectivity index (χ1) is 19.1. The number of carbonyl (C=O) groups excluding carboxylic acids is 1. The first-order valence-electron chi connectivity index (χ1n) is 12.4. The topological polar surface area (TPSA) is 88.4 Å². The van der Waals surface area contributed by atoms with Crippen LogP contribution in [-0.4, -0.2) is 31.0 Å². The number of nitrogens with zero attached hydrogens (tertiary/aromatic N) is 2. The lowest BCUT2D eigenvalue weighted by molar-refractivity contribution is -0.138. The standard InChI is InChI=1S/C30H24N2O6S/c1-3-36-29(34)25-26(19-7-5-4-6-8-19)31-30-32(27(25)20-10-12-21(35-2)13-11-20)28(33)24(39-30)16-18-9-14-22-23(15-18)38-17-37-22/h4-16,27H,3,17H2,1-2H3/t27-/m0/s1. The van der Waals surface area contributed by atoms with E-state index in [4.69, 9.17) is 23.9 Å². The highest BCUT2D eigenvalue weighted by atomic mass is 32.1. The van der Waals surface area contributed by atoms with Crippen molar-refractivity contribution in [2.24, 2.45) is 4.99 Å². The van der Waals surface area contributed by atoms with Gasteiger partial charge in [-0.15, -0.1) is 0 Å². The van der Waals surface area contributed by atoms with Crippen LogP contribution in [0, 0.1) is 0 Å². The molecule has 8 nitrogen and oxygen atoms in total. The second-order valence-corrected chi connectivity index (χ2v) is 9.83. The number of rotatable bonds is 6. The van der Waals surface area contributed by atoms with Crippen molar-refractivity contribution in [3.8, 4) is 17.2 Å². The molecule has 196 valence electrons. The van der Waals surface area contributed by atoms with Crippen molar-refractivity contribution in [3.05, 3.63) is 115 Å². The Labute approximate surface area is 227 Å². The largest absolute Gasteiger partial charge is 0.497 e. The number of aromatic nitrogens is 1. The number of esters is 1. The van der Waals surface area contributed by atoms with Crippen LogP contribution in [-0.2, 0) is 9.53 Å². The van der Waals surface area contributed by atoms with E-state index in [0.29, 0.717) is 37.9 Å². The van der Waals surface area contributed by atoms with E-state index in [9.17, 15) is 9.59 Å². The van der Waals surface area contributed by atoms with Crippen LogP contribution in [0.25, 0.3) is 11.8 Å². The van der Waals surface area contributed by atoms with Gasteiger partial charge >= 0.3 is 5.97 Å². The number of methoxy groups -OCH3 is 1. The summed E-state index contributed by atoms with van der Waals surface area (Å²) in [5.41, 5.74) is 2.80. The van der Waals surface area contributed by atoms with E-state index < -0.39 is 12.0 Å². The van der Waals surface area contributed by atoms with Gasteiger partial charge in [0.2, 0.25) is 6.79 Å². The lowest BCUT2D eigenvalue weighted by Crippen LogP contribution is -2.40. The molecule has 0 fully saturated rings. The molecule has 3 aromatic carbocycles. The minimum Gasteiger partial charge on any atom is -0.497 e. The van der Waals surface area contributed by atoms with Gasteiger partial charge in [-0.1, -0.05) is 59.9 Å². The van der Waals surface area contributed by atoms with Gasteiger partial charge in [-0.05, 0) is 48.4 Å². The second kappa shape index (κ2) is 10.3. The maximum absolute atomic E-state index is 14.0. The Kier molecular flexibility index (Phi) is 6.50. The van der Waals surface area contributed by atoms with Crippen molar-refractivity contribution < 1.29 is 23.7 Å². The van der Waals surface area contributed by atoms with Gasteiger partial charge in [0.15, 0.2) is 16.3 Å². The van der Waals surface area contributed by atoms with Gasteiger partial charge in [-0.2, -0.15) is 0 Å². The number of thiazole rings is 1. The van der Waals surface area contributed by atoms with Crippen LogP contribution in [0.5, 0.6) is 17.2 Å². The third kappa shape index (κ3) is 4.51. The lowest BCUT2D eigenvalue weighted by atomic mass is 9.93. The molecule has 39 heavy (non-hydrogen) atoms. The monoisotopic (exact) mass is 540 g/mol. The molecule has 0 saturated carbocycles. The molecule has 2 aliphatic heterocycles. The number of ether oxygens (including phenoxy) is 4. The summed E-state index contributed by atoms with van der Waals surface area (Å²) in [6.45, 7) is 2.11. The minimum absolute atomic E-state index is 0.168. The lowest BCUT2D eigenvalue weighted by Gasteiger charge is -2.26. The van der Waals surface area contributed by atoms with Gasteiger partial charge in [-0.25, -0.2) is 9.79 Å². The van der Waals surface area contributed by atoms with E-state index in [-0.39, 0.29) is 19.0 Å². The van der Waals surface area contributed by atoms with E-state index in [1.807, 2.05) is 72.8 Å². The predicted octanol–water partition coefficient (Wildman–Crippen LogP) is 3.67. The molecule has 0 unspecified atom stereocenters.